The van der Waals surface area contributed by atoms with E-state index in [1.54, 1.807) is 36.4 Å². The fraction of sp³-hybridized carbons (Fsp3) is 0.381. The molecule has 1 saturated heterocycles. The molecule has 1 fully saturated rings. The Kier molecular flexibility index (Phi) is 5.45. The smallest absolute Gasteiger partial charge is 0.174 e. The van der Waals surface area contributed by atoms with E-state index in [1.807, 2.05) is 12.1 Å². The Balaban J connectivity index is 2.03. The van der Waals surface area contributed by atoms with Crippen LogP contribution in [0.3, 0.4) is 0 Å². The Labute approximate surface area is 164 Å². The summed E-state index contributed by atoms with van der Waals surface area (Å²) in [5.74, 6) is -0.569. The lowest BCUT2D eigenvalue weighted by atomic mass is 9.72. The fourth-order valence-corrected chi connectivity index (χ4v) is 4.04. The Morgan fingerprint density at radius 1 is 1.12 bits per heavy atom. The molecule has 2 aromatic carbocycles. The lowest BCUT2D eigenvalue weighted by Crippen LogP contribution is -2.60. The molecule has 0 radical (unpaired) electrons. The van der Waals surface area contributed by atoms with Crippen LogP contribution in [0.4, 0.5) is 0 Å². The van der Waals surface area contributed by atoms with E-state index in [0.717, 1.165) is 23.1 Å². The maximum Gasteiger partial charge on any atom is 0.174 e. The second kappa shape index (κ2) is 7.32. The number of likely N-dealkylation sites (tertiary alicyclic amines) is 1. The van der Waals surface area contributed by atoms with Crippen molar-refractivity contribution in [3.63, 3.8) is 0 Å². The van der Waals surface area contributed by atoms with E-state index in [4.69, 9.17) is 23.2 Å². The third kappa shape index (κ3) is 3.67. The van der Waals surface area contributed by atoms with Gasteiger partial charge < -0.3 is 9.59 Å². The molecule has 0 amide bonds. The molecule has 1 aliphatic rings. The maximum atomic E-state index is 13.3. The molecule has 3 atom stereocenters. The Hall–Kier alpha value is -1.39. The number of carbonyl (C=O) groups is 1. The van der Waals surface area contributed by atoms with Crippen LogP contribution in [0.5, 0.6) is 0 Å². The van der Waals surface area contributed by atoms with E-state index < -0.39 is 11.5 Å². The number of halogens is 2. The summed E-state index contributed by atoms with van der Waals surface area (Å²) in [5, 5.41) is 12.8. The summed E-state index contributed by atoms with van der Waals surface area (Å²) in [7, 11) is 2.14. The number of piperidine rings is 1. The van der Waals surface area contributed by atoms with E-state index in [0.29, 0.717) is 28.6 Å². The summed E-state index contributed by atoms with van der Waals surface area (Å²) < 4.78 is 0.764. The Morgan fingerprint density at radius 2 is 1.65 bits per heavy atom. The Bertz CT molecular complexity index is 791. The van der Waals surface area contributed by atoms with Crippen molar-refractivity contribution in [2.24, 2.45) is 5.92 Å². The molecule has 0 spiro atoms. The number of nitrogens with zero attached hydrogens (tertiary/aromatic N) is 1. The summed E-state index contributed by atoms with van der Waals surface area (Å²) in [4.78, 5) is 13.3. The van der Waals surface area contributed by atoms with Gasteiger partial charge in [-0.3, -0.25) is 4.79 Å². The first-order valence-electron chi connectivity index (χ1n) is 8.89. The summed E-state index contributed by atoms with van der Waals surface area (Å²) in [6, 6.07) is 14.1. The fourth-order valence-electron chi connectivity index (χ4n) is 3.78. The summed E-state index contributed by atoms with van der Waals surface area (Å²) in [5.41, 5.74) is 0.127. The SMILES string of the molecule is CC[N+]1(C)CC[C@@](O)(c2ccc(Cl)cc2)[C@H](C(=O)c2ccc(Cl)cc2)C1. The third-order valence-corrected chi connectivity index (χ3v) is 6.29. The van der Waals surface area contributed by atoms with Gasteiger partial charge in [0.1, 0.15) is 11.5 Å². The topological polar surface area (TPSA) is 37.3 Å². The average Bonchev–Trinajstić information content (AvgIpc) is 2.64. The zero-order valence-corrected chi connectivity index (χ0v) is 16.6. The van der Waals surface area contributed by atoms with Crippen LogP contribution in [0, 0.1) is 5.92 Å². The second-order valence-electron chi connectivity index (χ2n) is 7.45. The molecule has 5 heteroatoms. The maximum absolute atomic E-state index is 13.3. The minimum absolute atomic E-state index is 0.0448. The van der Waals surface area contributed by atoms with Crippen molar-refractivity contribution in [3.05, 3.63) is 69.7 Å². The van der Waals surface area contributed by atoms with Crippen LogP contribution < -0.4 is 0 Å². The first kappa shape index (κ1) is 19.4. The van der Waals surface area contributed by atoms with Crippen molar-refractivity contribution in [1.29, 1.82) is 0 Å². The summed E-state index contributed by atoms with van der Waals surface area (Å²) >= 11 is 12.0. The van der Waals surface area contributed by atoms with Gasteiger partial charge in [0.05, 0.1) is 26.7 Å². The highest BCUT2D eigenvalue weighted by Crippen LogP contribution is 2.41. The molecule has 3 nitrogen and oxygen atoms in total. The van der Waals surface area contributed by atoms with Crippen LogP contribution in [-0.2, 0) is 5.60 Å². The quantitative estimate of drug-likeness (QED) is 0.611. The largest absolute Gasteiger partial charge is 0.384 e. The molecule has 1 unspecified atom stereocenters. The molecule has 2 aromatic rings. The van der Waals surface area contributed by atoms with Crippen LogP contribution in [-0.4, -0.2) is 42.1 Å². The van der Waals surface area contributed by atoms with E-state index in [-0.39, 0.29) is 5.78 Å². The Morgan fingerprint density at radius 3 is 2.19 bits per heavy atom. The summed E-state index contributed by atoms with van der Waals surface area (Å²) in [6.45, 7) is 4.45. The zero-order chi connectivity index (χ0) is 18.9. The molecule has 3 rings (SSSR count). The number of quaternary nitrogens is 1. The van der Waals surface area contributed by atoms with E-state index in [1.165, 1.54) is 0 Å². The van der Waals surface area contributed by atoms with Crippen molar-refractivity contribution in [3.8, 4) is 0 Å². The number of rotatable bonds is 4. The van der Waals surface area contributed by atoms with Gasteiger partial charge in [0.15, 0.2) is 5.78 Å². The van der Waals surface area contributed by atoms with Crippen molar-refractivity contribution in [2.75, 3.05) is 26.7 Å². The molecule has 0 bridgehead atoms. The van der Waals surface area contributed by atoms with Crippen LogP contribution in [0.1, 0.15) is 29.3 Å². The molecule has 1 aliphatic heterocycles. The zero-order valence-electron chi connectivity index (χ0n) is 15.1. The standard InChI is InChI=1S/C21H24Cl2NO2/c1-3-24(2)13-12-21(26,16-6-10-18(23)11-7-16)19(14-24)20(25)15-4-8-17(22)9-5-15/h4-11,19,26H,3,12-14H2,1-2H3/q+1/t19-,21+,24?/m0/s1. The van der Waals surface area contributed by atoms with Crippen LogP contribution in [0.2, 0.25) is 10.0 Å². The lowest BCUT2D eigenvalue weighted by Gasteiger charge is -2.48. The summed E-state index contributed by atoms with van der Waals surface area (Å²) in [6.07, 6.45) is 0.531. The van der Waals surface area contributed by atoms with Crippen molar-refractivity contribution < 1.29 is 14.4 Å². The third-order valence-electron chi connectivity index (χ3n) is 5.79. The first-order chi connectivity index (χ1) is 12.3. The molecular weight excluding hydrogens is 369 g/mol. The molecule has 1 heterocycles. The van der Waals surface area contributed by atoms with Gasteiger partial charge in [-0.2, -0.15) is 0 Å². The molecule has 1 N–H and O–H groups in total. The van der Waals surface area contributed by atoms with Gasteiger partial charge in [-0.15, -0.1) is 0 Å². The number of hydrogen-bond acceptors (Lipinski definition) is 2. The monoisotopic (exact) mass is 392 g/mol. The predicted octanol–water partition coefficient (Wildman–Crippen LogP) is 4.55. The molecule has 0 aliphatic carbocycles. The number of aliphatic hydroxyl groups is 1. The number of hydrogen-bond donors (Lipinski definition) is 1. The predicted molar refractivity (Wildman–Crippen MR) is 106 cm³/mol. The molecule has 0 saturated carbocycles. The van der Waals surface area contributed by atoms with E-state index >= 15 is 0 Å². The highest BCUT2D eigenvalue weighted by atomic mass is 35.5. The van der Waals surface area contributed by atoms with Crippen LogP contribution >= 0.6 is 23.2 Å². The van der Waals surface area contributed by atoms with Crippen molar-refractivity contribution in [2.45, 2.75) is 18.9 Å². The number of Topliss-reactive ketones (excluding diaryl/α,β-unsaturated/α-hetero) is 1. The molecule has 0 aromatic heterocycles. The van der Waals surface area contributed by atoms with Gasteiger partial charge in [0.25, 0.3) is 0 Å². The van der Waals surface area contributed by atoms with Crippen LogP contribution in [0.25, 0.3) is 0 Å². The van der Waals surface area contributed by atoms with Gasteiger partial charge in [0.2, 0.25) is 0 Å². The number of ketones is 1. The van der Waals surface area contributed by atoms with Crippen molar-refractivity contribution >= 4 is 29.0 Å². The molecule has 26 heavy (non-hydrogen) atoms. The average molecular weight is 393 g/mol. The highest BCUT2D eigenvalue weighted by Gasteiger charge is 2.51. The molecule has 138 valence electrons. The van der Waals surface area contributed by atoms with E-state index in [9.17, 15) is 9.90 Å². The number of benzene rings is 2. The molecular formula is C21H24Cl2NO2+. The van der Waals surface area contributed by atoms with Gasteiger partial charge in [0, 0.05) is 22.0 Å². The van der Waals surface area contributed by atoms with Gasteiger partial charge in [-0.25, -0.2) is 0 Å². The van der Waals surface area contributed by atoms with E-state index in [2.05, 4.69) is 14.0 Å². The van der Waals surface area contributed by atoms with Crippen molar-refractivity contribution in [1.82, 2.24) is 0 Å². The lowest BCUT2D eigenvalue weighted by molar-refractivity contribution is -0.917. The number of carbonyl (C=O) groups excluding carboxylic acids is 1. The minimum atomic E-state index is -1.20. The van der Waals surface area contributed by atoms with Gasteiger partial charge in [-0.05, 0) is 48.9 Å². The van der Waals surface area contributed by atoms with Gasteiger partial charge >= 0.3 is 0 Å². The highest BCUT2D eigenvalue weighted by molar-refractivity contribution is 6.30. The first-order valence-corrected chi connectivity index (χ1v) is 9.65. The van der Waals surface area contributed by atoms with Gasteiger partial charge in [-0.1, -0.05) is 35.3 Å². The minimum Gasteiger partial charge on any atom is -0.384 e. The second-order valence-corrected chi connectivity index (χ2v) is 8.32. The normalized spacial score (nSPS) is 28.7. The van der Waals surface area contributed by atoms with Crippen LogP contribution in [0.15, 0.2) is 48.5 Å².